The van der Waals surface area contributed by atoms with Crippen LogP contribution < -0.4 is 25.6 Å². The summed E-state index contributed by atoms with van der Waals surface area (Å²) in [6, 6.07) is 9.70. The van der Waals surface area contributed by atoms with Gasteiger partial charge in [0, 0.05) is 21.3 Å². The molecular weight excluding hydrogens is 385 g/mol. The Labute approximate surface area is 160 Å². The maximum absolute atomic E-state index is 12.2. The first-order valence-electron chi connectivity index (χ1n) is 6.98. The van der Waals surface area contributed by atoms with Crippen molar-refractivity contribution in [2.75, 3.05) is 19.5 Å². The molecule has 0 saturated heterocycles. The van der Waals surface area contributed by atoms with Crippen LogP contribution in [0.1, 0.15) is 10.4 Å². The predicted molar refractivity (Wildman–Crippen MR) is 103 cm³/mol. The van der Waals surface area contributed by atoms with Crippen LogP contribution in [0.15, 0.2) is 36.4 Å². The molecule has 1 amide bonds. The number of methoxy groups -OCH3 is 2. The van der Waals surface area contributed by atoms with Crippen molar-refractivity contribution in [2.24, 2.45) is 0 Å². The number of rotatable bonds is 4. The quantitative estimate of drug-likeness (QED) is 0.538. The maximum atomic E-state index is 12.2. The van der Waals surface area contributed by atoms with E-state index in [0.717, 1.165) is 0 Å². The van der Waals surface area contributed by atoms with Crippen molar-refractivity contribution >= 4 is 52.1 Å². The van der Waals surface area contributed by atoms with Crippen molar-refractivity contribution in [3.05, 3.63) is 52.0 Å². The topological polar surface area (TPSA) is 71.6 Å². The van der Waals surface area contributed by atoms with E-state index < -0.39 is 5.91 Å². The Morgan fingerprint density at radius 1 is 0.960 bits per heavy atom. The highest BCUT2D eigenvalue weighted by molar-refractivity contribution is 7.80. The summed E-state index contributed by atoms with van der Waals surface area (Å²) < 4.78 is 10.3. The molecule has 0 bridgehead atoms. The normalized spacial score (nSPS) is 9.92. The molecule has 9 heteroatoms. The van der Waals surface area contributed by atoms with Gasteiger partial charge in [0.25, 0.3) is 5.91 Å². The number of thiocarbonyl (C=S) groups is 1. The smallest absolute Gasteiger partial charge is 0.269 e. The van der Waals surface area contributed by atoms with Gasteiger partial charge in [0.15, 0.2) is 16.6 Å². The summed E-state index contributed by atoms with van der Waals surface area (Å²) in [6.45, 7) is 0. The molecule has 0 saturated carbocycles. The van der Waals surface area contributed by atoms with Crippen LogP contribution in [0.5, 0.6) is 11.5 Å². The molecule has 0 atom stereocenters. The number of hydrogen-bond donors (Lipinski definition) is 3. The van der Waals surface area contributed by atoms with E-state index >= 15 is 0 Å². The van der Waals surface area contributed by atoms with E-state index in [4.69, 9.17) is 44.9 Å². The summed E-state index contributed by atoms with van der Waals surface area (Å²) >= 11 is 16.9. The first-order chi connectivity index (χ1) is 11.9. The van der Waals surface area contributed by atoms with Gasteiger partial charge in [-0.3, -0.25) is 15.6 Å². The number of nitrogens with one attached hydrogen (secondary N) is 3. The standard InChI is InChI=1S/C16H15Cl2N3O3S/c1-23-13-4-3-9(5-14(13)24-2)15(22)20-21-16(25)19-12-7-10(17)6-11(18)8-12/h3-8H,1-2H3,(H,20,22)(H2,19,21,25). The van der Waals surface area contributed by atoms with Crippen molar-refractivity contribution in [2.45, 2.75) is 0 Å². The molecule has 0 unspecified atom stereocenters. The minimum atomic E-state index is -0.394. The average Bonchev–Trinajstić information content (AvgIpc) is 2.58. The van der Waals surface area contributed by atoms with Crippen LogP contribution >= 0.6 is 35.4 Å². The SMILES string of the molecule is COc1ccc(C(=O)NNC(=S)Nc2cc(Cl)cc(Cl)c2)cc1OC. The Bertz CT molecular complexity index is 782. The summed E-state index contributed by atoms with van der Waals surface area (Å²) in [5, 5.41) is 3.97. The molecule has 0 heterocycles. The molecule has 3 N–H and O–H groups in total. The summed E-state index contributed by atoms with van der Waals surface area (Å²) in [6.07, 6.45) is 0. The van der Waals surface area contributed by atoms with Crippen LogP contribution in [0, 0.1) is 0 Å². The van der Waals surface area contributed by atoms with Crippen molar-refractivity contribution in [1.29, 1.82) is 0 Å². The van der Waals surface area contributed by atoms with Crippen LogP contribution in [0.3, 0.4) is 0 Å². The number of carbonyl (C=O) groups is 1. The highest BCUT2D eigenvalue weighted by atomic mass is 35.5. The van der Waals surface area contributed by atoms with E-state index in [2.05, 4.69) is 16.2 Å². The average molecular weight is 400 g/mol. The lowest BCUT2D eigenvalue weighted by Gasteiger charge is -2.13. The first kappa shape index (κ1) is 19.1. The zero-order valence-electron chi connectivity index (χ0n) is 13.4. The lowest BCUT2D eigenvalue weighted by molar-refractivity contribution is 0.0944. The number of amides is 1. The molecule has 2 rings (SSSR count). The van der Waals surface area contributed by atoms with Crippen LogP contribution in [0.25, 0.3) is 0 Å². The summed E-state index contributed by atoms with van der Waals surface area (Å²) in [7, 11) is 3.01. The monoisotopic (exact) mass is 399 g/mol. The molecule has 2 aromatic rings. The number of halogens is 2. The second kappa shape index (κ2) is 8.75. The van der Waals surface area contributed by atoms with Crippen LogP contribution in [-0.2, 0) is 0 Å². The second-order valence-corrected chi connectivity index (χ2v) is 6.04. The molecule has 2 aromatic carbocycles. The van der Waals surface area contributed by atoms with E-state index in [1.807, 2.05) is 0 Å². The minimum Gasteiger partial charge on any atom is -0.493 e. The van der Waals surface area contributed by atoms with Gasteiger partial charge in [0.2, 0.25) is 0 Å². The molecule has 0 aliphatic carbocycles. The van der Waals surface area contributed by atoms with Crippen molar-refractivity contribution in [3.8, 4) is 11.5 Å². The Kier molecular flexibility index (Phi) is 6.69. The lowest BCUT2D eigenvalue weighted by atomic mass is 10.2. The largest absolute Gasteiger partial charge is 0.493 e. The van der Waals surface area contributed by atoms with Gasteiger partial charge in [-0.25, -0.2) is 0 Å². The first-order valence-corrected chi connectivity index (χ1v) is 8.15. The second-order valence-electron chi connectivity index (χ2n) is 4.76. The van der Waals surface area contributed by atoms with Crippen molar-refractivity contribution in [1.82, 2.24) is 10.9 Å². The third-order valence-electron chi connectivity index (χ3n) is 3.06. The highest BCUT2D eigenvalue weighted by Crippen LogP contribution is 2.27. The Morgan fingerprint density at radius 3 is 2.20 bits per heavy atom. The fourth-order valence-electron chi connectivity index (χ4n) is 1.95. The molecule has 0 aliphatic heterocycles. The van der Waals surface area contributed by atoms with E-state index in [-0.39, 0.29) is 5.11 Å². The molecule has 132 valence electrons. The fraction of sp³-hybridized carbons (Fsp3) is 0.125. The van der Waals surface area contributed by atoms with E-state index in [1.54, 1.807) is 36.4 Å². The third-order valence-corrected chi connectivity index (χ3v) is 3.70. The van der Waals surface area contributed by atoms with Gasteiger partial charge in [-0.2, -0.15) is 0 Å². The van der Waals surface area contributed by atoms with E-state index in [1.165, 1.54) is 14.2 Å². The number of ether oxygens (including phenoxy) is 2. The van der Waals surface area contributed by atoms with Crippen LogP contribution in [0.2, 0.25) is 10.0 Å². The van der Waals surface area contributed by atoms with Crippen LogP contribution in [0.4, 0.5) is 5.69 Å². The molecule has 0 fully saturated rings. The number of anilines is 1. The zero-order valence-corrected chi connectivity index (χ0v) is 15.7. The van der Waals surface area contributed by atoms with Gasteiger partial charge in [-0.05, 0) is 48.6 Å². The number of benzene rings is 2. The number of hydrogen-bond acceptors (Lipinski definition) is 4. The van der Waals surface area contributed by atoms with Gasteiger partial charge in [-0.15, -0.1) is 0 Å². The summed E-state index contributed by atoms with van der Waals surface area (Å²) in [5.74, 6) is 0.584. The summed E-state index contributed by atoms with van der Waals surface area (Å²) in [4.78, 5) is 12.2. The molecule has 0 spiro atoms. The molecule has 0 radical (unpaired) electrons. The Hall–Kier alpha value is -2.22. The minimum absolute atomic E-state index is 0.173. The number of hydrazine groups is 1. The molecular formula is C16H15Cl2N3O3S. The van der Waals surface area contributed by atoms with E-state index in [0.29, 0.717) is 32.8 Å². The Morgan fingerprint density at radius 2 is 1.60 bits per heavy atom. The van der Waals surface area contributed by atoms with Gasteiger partial charge in [-0.1, -0.05) is 23.2 Å². The molecule has 6 nitrogen and oxygen atoms in total. The predicted octanol–water partition coefficient (Wildman–Crippen LogP) is 3.64. The van der Waals surface area contributed by atoms with Crippen LogP contribution in [-0.4, -0.2) is 25.2 Å². The molecule has 25 heavy (non-hydrogen) atoms. The highest BCUT2D eigenvalue weighted by Gasteiger charge is 2.11. The van der Waals surface area contributed by atoms with Crippen molar-refractivity contribution in [3.63, 3.8) is 0 Å². The number of carbonyl (C=O) groups excluding carboxylic acids is 1. The molecule has 0 aliphatic rings. The molecule has 0 aromatic heterocycles. The lowest BCUT2D eigenvalue weighted by Crippen LogP contribution is -2.43. The summed E-state index contributed by atoms with van der Waals surface area (Å²) in [5.41, 5.74) is 6.05. The van der Waals surface area contributed by atoms with E-state index in [9.17, 15) is 4.79 Å². The zero-order chi connectivity index (χ0) is 18.4. The maximum Gasteiger partial charge on any atom is 0.269 e. The van der Waals surface area contributed by atoms with Gasteiger partial charge < -0.3 is 14.8 Å². The van der Waals surface area contributed by atoms with Crippen molar-refractivity contribution < 1.29 is 14.3 Å². The van der Waals surface area contributed by atoms with Gasteiger partial charge in [0.1, 0.15) is 0 Å². The van der Waals surface area contributed by atoms with Gasteiger partial charge in [0.05, 0.1) is 14.2 Å². The third kappa shape index (κ3) is 5.38. The fourth-order valence-corrected chi connectivity index (χ4v) is 2.65. The Balaban J connectivity index is 1.96. The van der Waals surface area contributed by atoms with Gasteiger partial charge >= 0.3 is 0 Å².